The fraction of sp³-hybridized carbons (Fsp3) is 0.440. The molecular weight excluding hydrogens is 535 g/mol. The van der Waals surface area contributed by atoms with Gasteiger partial charge in [-0.2, -0.15) is 12.8 Å². The van der Waals surface area contributed by atoms with E-state index in [1.807, 2.05) is 6.92 Å². The molecule has 0 bridgehead atoms. The highest BCUT2D eigenvalue weighted by Gasteiger charge is 2.31. The molecule has 3 heterocycles. The summed E-state index contributed by atoms with van der Waals surface area (Å²) in [5.74, 6) is 0.507. The molecule has 0 spiro atoms. The van der Waals surface area contributed by atoms with Gasteiger partial charge in [0.25, 0.3) is 10.0 Å². The summed E-state index contributed by atoms with van der Waals surface area (Å²) >= 11 is 0. The molecule has 15 heteroatoms. The van der Waals surface area contributed by atoms with Gasteiger partial charge in [0.05, 0.1) is 11.4 Å². The Hall–Kier alpha value is -4.01. The lowest BCUT2D eigenvalue weighted by Crippen LogP contribution is -2.43. The highest BCUT2D eigenvalue weighted by Crippen LogP contribution is 2.38. The standard InChI is InChI=1S/C25H31BN8O5S/c1-15-14-34(12-3-5-20(35)32-25-27-10-4-11-28-25)23-21(15)22(30-16(2)31-23)29-13-19(24(36)37)33-40(38,39)18-8-6-17(26)7-9-18/h6-9,15H,3-5,10-14H2,1-2H3,(H,36,37)(H,29,30,31)(H2,27,28,32,35). The summed E-state index contributed by atoms with van der Waals surface area (Å²) in [7, 11) is 1.34. The predicted molar refractivity (Wildman–Crippen MR) is 152 cm³/mol. The third-order valence-corrected chi connectivity index (χ3v) is 7.72. The first kappa shape index (κ1) is 29.0. The molecule has 0 fully saturated rings. The average molecular weight is 566 g/mol. The van der Waals surface area contributed by atoms with Crippen LogP contribution in [0.25, 0.3) is 0 Å². The molecule has 2 aromatic rings. The van der Waals surface area contributed by atoms with Crippen molar-refractivity contribution in [3.05, 3.63) is 35.7 Å². The number of aromatic nitrogens is 2. The quantitative estimate of drug-likeness (QED) is 0.227. The Kier molecular flexibility index (Phi) is 9.02. The molecule has 0 saturated carbocycles. The molecule has 1 unspecified atom stereocenters. The number of sulfonamides is 1. The van der Waals surface area contributed by atoms with Crippen molar-refractivity contribution in [3.8, 4) is 0 Å². The van der Waals surface area contributed by atoms with Crippen LogP contribution >= 0.6 is 0 Å². The summed E-state index contributed by atoms with van der Waals surface area (Å²) in [5.41, 5.74) is 0.573. The molecule has 2 aliphatic rings. The number of rotatable bonds is 10. The lowest BCUT2D eigenvalue weighted by atomic mass is 9.97. The minimum absolute atomic E-state index is 0.0106. The van der Waals surface area contributed by atoms with Gasteiger partial charge < -0.3 is 20.6 Å². The topological polar surface area (TPSA) is 178 Å². The van der Waals surface area contributed by atoms with Crippen LogP contribution in [-0.2, 0) is 19.6 Å². The number of carboxylic acid groups (broad SMARTS) is 1. The van der Waals surface area contributed by atoms with Crippen molar-refractivity contribution < 1.29 is 23.1 Å². The summed E-state index contributed by atoms with van der Waals surface area (Å²) < 4.78 is 28.9. The van der Waals surface area contributed by atoms with Crippen LogP contribution in [-0.4, -0.2) is 87.6 Å². The normalized spacial score (nSPS) is 17.1. The molecule has 1 aromatic heterocycles. The number of nitrogens with zero attached hydrogens (tertiary/aromatic N) is 5. The van der Waals surface area contributed by atoms with E-state index in [0.29, 0.717) is 61.4 Å². The van der Waals surface area contributed by atoms with Crippen molar-refractivity contribution in [2.24, 2.45) is 9.39 Å². The molecule has 1 atom stereocenters. The number of nitrogens with one attached hydrogen (secondary N) is 3. The number of benzene rings is 1. The fourth-order valence-corrected chi connectivity index (χ4v) is 5.51. The average Bonchev–Trinajstić information content (AvgIpc) is 3.21. The maximum Gasteiger partial charge on any atom is 0.353 e. The summed E-state index contributed by atoms with van der Waals surface area (Å²) in [4.78, 5) is 39.4. The first-order chi connectivity index (χ1) is 19.0. The van der Waals surface area contributed by atoms with E-state index in [1.165, 1.54) is 24.3 Å². The van der Waals surface area contributed by atoms with Gasteiger partial charge in [0.1, 0.15) is 25.3 Å². The summed E-state index contributed by atoms with van der Waals surface area (Å²) in [6, 6.07) is 5.33. The van der Waals surface area contributed by atoms with Crippen LogP contribution < -0.4 is 26.3 Å². The van der Waals surface area contributed by atoms with E-state index in [4.69, 9.17) is 7.85 Å². The number of aliphatic carboxylic acids is 1. The Bertz CT molecular complexity index is 1450. The highest BCUT2D eigenvalue weighted by molar-refractivity contribution is 7.90. The number of carbonyl (C=O) groups excluding carboxylic acids is 1. The van der Waals surface area contributed by atoms with Crippen LogP contribution in [0.1, 0.15) is 43.5 Å². The van der Waals surface area contributed by atoms with Gasteiger partial charge in [-0.1, -0.05) is 24.5 Å². The van der Waals surface area contributed by atoms with E-state index in [-0.39, 0.29) is 23.3 Å². The molecule has 2 aliphatic heterocycles. The van der Waals surface area contributed by atoms with Gasteiger partial charge in [0.15, 0.2) is 11.7 Å². The zero-order chi connectivity index (χ0) is 28.9. The van der Waals surface area contributed by atoms with E-state index in [0.717, 1.165) is 18.5 Å². The molecule has 1 aromatic carbocycles. The van der Waals surface area contributed by atoms with E-state index < -0.39 is 21.7 Å². The Morgan fingerprint density at radius 1 is 1.25 bits per heavy atom. The summed E-state index contributed by atoms with van der Waals surface area (Å²) in [6.07, 6.45) is 1.85. The van der Waals surface area contributed by atoms with Gasteiger partial charge in [-0.3, -0.25) is 15.1 Å². The molecule has 13 nitrogen and oxygen atoms in total. The van der Waals surface area contributed by atoms with Crippen LogP contribution in [0.5, 0.6) is 0 Å². The van der Waals surface area contributed by atoms with Crippen LogP contribution in [0.3, 0.4) is 0 Å². The number of amides is 1. The first-order valence-electron chi connectivity index (χ1n) is 12.9. The van der Waals surface area contributed by atoms with Gasteiger partial charge in [-0.25, -0.2) is 14.8 Å². The van der Waals surface area contributed by atoms with Crippen molar-refractivity contribution in [1.29, 1.82) is 0 Å². The fourth-order valence-electron chi connectivity index (χ4n) is 4.49. The monoisotopic (exact) mass is 566 g/mol. The zero-order valence-electron chi connectivity index (χ0n) is 22.3. The Morgan fingerprint density at radius 3 is 2.67 bits per heavy atom. The number of aliphatic imine (C=N–C) groups is 1. The van der Waals surface area contributed by atoms with E-state index in [1.54, 1.807) is 6.92 Å². The number of hydrogen-bond donors (Lipinski definition) is 4. The predicted octanol–water partition coefficient (Wildman–Crippen LogP) is 0.0744. The maximum absolute atomic E-state index is 12.7. The lowest BCUT2D eigenvalue weighted by Gasteiger charge is -2.19. The third kappa shape index (κ3) is 7.14. The van der Waals surface area contributed by atoms with Crippen molar-refractivity contribution in [3.63, 3.8) is 0 Å². The van der Waals surface area contributed by atoms with E-state index >= 15 is 0 Å². The number of hydrogen-bond acceptors (Lipinski definition) is 10. The number of anilines is 2. The number of fused-ring (bicyclic) bond motifs is 1. The van der Waals surface area contributed by atoms with Gasteiger partial charge in [0, 0.05) is 44.1 Å². The van der Waals surface area contributed by atoms with Gasteiger partial charge >= 0.3 is 5.97 Å². The second-order valence-corrected chi connectivity index (χ2v) is 11.2. The smallest absolute Gasteiger partial charge is 0.353 e. The maximum atomic E-state index is 12.7. The van der Waals surface area contributed by atoms with Crippen LogP contribution in [0.2, 0.25) is 0 Å². The van der Waals surface area contributed by atoms with Gasteiger partial charge in [-0.15, -0.1) is 0 Å². The molecule has 1 amide bonds. The van der Waals surface area contributed by atoms with E-state index in [2.05, 4.69) is 40.2 Å². The van der Waals surface area contributed by atoms with Crippen molar-refractivity contribution in [2.45, 2.75) is 43.9 Å². The van der Waals surface area contributed by atoms with Crippen LogP contribution in [0.4, 0.5) is 11.6 Å². The molecule has 210 valence electrons. The molecular formula is C25H31BN8O5S. The second kappa shape index (κ2) is 12.4. The summed E-state index contributed by atoms with van der Waals surface area (Å²) in [5, 5.41) is 18.5. The van der Waals surface area contributed by atoms with E-state index in [9.17, 15) is 23.1 Å². The number of aryl methyl sites for hydroxylation is 1. The minimum atomic E-state index is -4.27. The second-order valence-electron chi connectivity index (χ2n) is 9.61. The highest BCUT2D eigenvalue weighted by atomic mass is 32.2. The molecule has 4 N–H and O–H groups in total. The number of carboxylic acids is 1. The molecule has 40 heavy (non-hydrogen) atoms. The Balaban J connectivity index is 1.44. The zero-order valence-corrected chi connectivity index (χ0v) is 23.2. The molecule has 0 aliphatic carbocycles. The summed E-state index contributed by atoms with van der Waals surface area (Å²) in [6.45, 7) is 6.05. The minimum Gasteiger partial charge on any atom is -0.477 e. The number of guanidine groups is 1. The molecule has 4 rings (SSSR count). The molecule has 2 radical (unpaired) electrons. The lowest BCUT2D eigenvalue weighted by molar-refractivity contribution is -0.129. The number of carbonyl (C=O) groups is 2. The van der Waals surface area contributed by atoms with Crippen LogP contribution in [0.15, 0.2) is 38.6 Å². The van der Waals surface area contributed by atoms with Crippen molar-refractivity contribution in [2.75, 3.05) is 42.9 Å². The largest absolute Gasteiger partial charge is 0.477 e. The van der Waals surface area contributed by atoms with Crippen molar-refractivity contribution in [1.82, 2.24) is 20.6 Å². The Labute approximate surface area is 234 Å². The van der Waals surface area contributed by atoms with Crippen molar-refractivity contribution >= 4 is 58.5 Å². The third-order valence-electron chi connectivity index (χ3n) is 6.39. The Morgan fingerprint density at radius 2 is 2.00 bits per heavy atom. The first-order valence-corrected chi connectivity index (χ1v) is 14.4. The van der Waals surface area contributed by atoms with Gasteiger partial charge in [0.2, 0.25) is 5.91 Å². The SMILES string of the molecule is [B]c1ccc(S(=O)(=O)N=C(CNc2nc(C)nc3c2C(C)CN3CCCC(=O)NC2=NCCCN2)C(=O)O)cc1. The van der Waals surface area contributed by atoms with Crippen LogP contribution in [0, 0.1) is 6.92 Å². The molecule has 0 saturated heterocycles. The van der Waals surface area contributed by atoms with Gasteiger partial charge in [-0.05, 0) is 31.9 Å².